The van der Waals surface area contributed by atoms with Gasteiger partial charge in [0.15, 0.2) is 0 Å². The second-order valence-corrected chi connectivity index (χ2v) is 6.14. The lowest BCUT2D eigenvalue weighted by atomic mass is 10.1. The predicted molar refractivity (Wildman–Crippen MR) is 97.7 cm³/mol. The van der Waals surface area contributed by atoms with E-state index < -0.39 is 5.97 Å². The van der Waals surface area contributed by atoms with E-state index in [1.165, 1.54) is 17.4 Å². The van der Waals surface area contributed by atoms with Crippen LogP contribution in [0, 0.1) is 0 Å². The smallest absolute Gasteiger partial charge is 0.337 e. The summed E-state index contributed by atoms with van der Waals surface area (Å²) >= 11 is 1.31. The molecule has 2 aromatic carbocycles. The molecule has 0 saturated carbocycles. The molecule has 1 aromatic heterocycles. The SMILES string of the molecule is COc1ccc(-c2csc(C(=O)Nc3ccccc3C(=O)O)c2)cc1. The molecule has 0 spiro atoms. The van der Waals surface area contributed by atoms with Crippen molar-refractivity contribution in [3.63, 3.8) is 0 Å². The molecule has 2 N–H and O–H groups in total. The van der Waals surface area contributed by atoms with Crippen LogP contribution < -0.4 is 10.1 Å². The molecule has 0 aliphatic heterocycles. The molecule has 25 heavy (non-hydrogen) atoms. The number of aromatic carboxylic acids is 1. The number of hydrogen-bond donors (Lipinski definition) is 2. The highest BCUT2D eigenvalue weighted by Crippen LogP contribution is 2.28. The molecule has 1 amide bonds. The number of ether oxygens (including phenoxy) is 1. The predicted octanol–water partition coefficient (Wildman–Crippen LogP) is 4.37. The number of carboxylic acids is 1. The van der Waals surface area contributed by atoms with Gasteiger partial charge in [-0.3, -0.25) is 4.79 Å². The largest absolute Gasteiger partial charge is 0.497 e. The van der Waals surface area contributed by atoms with Gasteiger partial charge in [-0.2, -0.15) is 0 Å². The number of methoxy groups -OCH3 is 1. The summed E-state index contributed by atoms with van der Waals surface area (Å²) < 4.78 is 5.14. The number of nitrogens with one attached hydrogen (secondary N) is 1. The van der Waals surface area contributed by atoms with Gasteiger partial charge < -0.3 is 15.2 Å². The lowest BCUT2D eigenvalue weighted by Gasteiger charge is -2.06. The summed E-state index contributed by atoms with van der Waals surface area (Å²) in [6.07, 6.45) is 0. The summed E-state index contributed by atoms with van der Waals surface area (Å²) in [6, 6.07) is 15.7. The Morgan fingerprint density at radius 3 is 2.44 bits per heavy atom. The molecule has 0 aliphatic rings. The minimum atomic E-state index is -1.08. The highest BCUT2D eigenvalue weighted by molar-refractivity contribution is 7.12. The number of thiophene rings is 1. The van der Waals surface area contributed by atoms with E-state index in [1.807, 2.05) is 29.6 Å². The van der Waals surface area contributed by atoms with Crippen LogP contribution in [0.5, 0.6) is 5.75 Å². The minimum absolute atomic E-state index is 0.0581. The number of rotatable bonds is 5. The molecule has 126 valence electrons. The summed E-state index contributed by atoms with van der Waals surface area (Å²) in [5.74, 6) is -0.651. The molecule has 3 aromatic rings. The Labute approximate surface area is 148 Å². The van der Waals surface area contributed by atoms with Crippen LogP contribution >= 0.6 is 11.3 Å². The van der Waals surface area contributed by atoms with Gasteiger partial charge in [0.05, 0.1) is 23.2 Å². The molecule has 5 nitrogen and oxygen atoms in total. The third-order valence-corrected chi connectivity index (χ3v) is 4.58. The zero-order valence-corrected chi connectivity index (χ0v) is 14.2. The minimum Gasteiger partial charge on any atom is -0.497 e. The summed E-state index contributed by atoms with van der Waals surface area (Å²) in [6.45, 7) is 0. The van der Waals surface area contributed by atoms with Crippen molar-refractivity contribution in [2.24, 2.45) is 0 Å². The fourth-order valence-electron chi connectivity index (χ4n) is 2.35. The normalized spacial score (nSPS) is 10.3. The summed E-state index contributed by atoms with van der Waals surface area (Å²) in [7, 11) is 1.61. The van der Waals surface area contributed by atoms with Gasteiger partial charge in [-0.1, -0.05) is 24.3 Å². The van der Waals surface area contributed by atoms with Crippen molar-refractivity contribution in [1.29, 1.82) is 0 Å². The van der Waals surface area contributed by atoms with Crippen molar-refractivity contribution in [1.82, 2.24) is 0 Å². The maximum absolute atomic E-state index is 12.4. The highest BCUT2D eigenvalue weighted by atomic mass is 32.1. The average Bonchev–Trinajstić information content (AvgIpc) is 3.12. The molecule has 0 saturated heterocycles. The van der Waals surface area contributed by atoms with Crippen LogP contribution in [0.4, 0.5) is 5.69 Å². The molecule has 0 bridgehead atoms. The standard InChI is InChI=1S/C19H15NO4S/c1-24-14-8-6-12(7-9-14)13-10-17(25-11-13)18(21)20-16-5-3-2-4-15(16)19(22)23/h2-11H,1H3,(H,20,21)(H,22,23). The highest BCUT2D eigenvalue weighted by Gasteiger charge is 2.15. The third-order valence-electron chi connectivity index (χ3n) is 3.65. The average molecular weight is 353 g/mol. The van der Waals surface area contributed by atoms with Crippen LogP contribution in [0.1, 0.15) is 20.0 Å². The van der Waals surface area contributed by atoms with Crippen molar-refractivity contribution in [2.75, 3.05) is 12.4 Å². The molecule has 6 heteroatoms. The lowest BCUT2D eigenvalue weighted by molar-refractivity contribution is 0.0698. The first kappa shape index (κ1) is 16.7. The Bertz CT molecular complexity index is 915. The van der Waals surface area contributed by atoms with Gasteiger partial charge in [-0.25, -0.2) is 4.79 Å². The summed E-state index contributed by atoms with van der Waals surface area (Å²) in [5, 5.41) is 13.7. The molecular formula is C19H15NO4S. The monoisotopic (exact) mass is 353 g/mol. The van der Waals surface area contributed by atoms with Gasteiger partial charge in [0, 0.05) is 0 Å². The van der Waals surface area contributed by atoms with E-state index in [0.717, 1.165) is 16.9 Å². The van der Waals surface area contributed by atoms with Crippen LogP contribution in [0.15, 0.2) is 60.0 Å². The Morgan fingerprint density at radius 1 is 1.04 bits per heavy atom. The summed E-state index contributed by atoms with van der Waals surface area (Å²) in [4.78, 5) is 24.1. The van der Waals surface area contributed by atoms with Gasteiger partial charge in [0.1, 0.15) is 5.75 Å². The first-order valence-corrected chi connectivity index (χ1v) is 8.33. The fraction of sp³-hybridized carbons (Fsp3) is 0.0526. The molecule has 0 fully saturated rings. The van der Waals surface area contributed by atoms with E-state index in [9.17, 15) is 14.7 Å². The zero-order valence-electron chi connectivity index (χ0n) is 13.4. The number of para-hydroxylation sites is 1. The Kier molecular flexibility index (Phi) is 4.81. The number of carbonyl (C=O) groups excluding carboxylic acids is 1. The second kappa shape index (κ2) is 7.19. The van der Waals surface area contributed by atoms with E-state index in [4.69, 9.17) is 4.74 Å². The molecule has 0 aliphatic carbocycles. The van der Waals surface area contributed by atoms with Crippen LogP contribution in [-0.2, 0) is 0 Å². The van der Waals surface area contributed by atoms with Crippen molar-refractivity contribution < 1.29 is 19.4 Å². The van der Waals surface area contributed by atoms with E-state index in [1.54, 1.807) is 31.4 Å². The van der Waals surface area contributed by atoms with Crippen molar-refractivity contribution in [2.45, 2.75) is 0 Å². The van der Waals surface area contributed by atoms with Gasteiger partial charge in [-0.15, -0.1) is 11.3 Å². The summed E-state index contributed by atoms with van der Waals surface area (Å²) in [5.41, 5.74) is 2.23. The number of anilines is 1. The van der Waals surface area contributed by atoms with Gasteiger partial charge in [-0.05, 0) is 46.8 Å². The molecule has 1 heterocycles. The van der Waals surface area contributed by atoms with Crippen LogP contribution in [0.3, 0.4) is 0 Å². The number of carbonyl (C=O) groups is 2. The Morgan fingerprint density at radius 2 is 1.76 bits per heavy atom. The van der Waals surface area contributed by atoms with Crippen LogP contribution in [0.25, 0.3) is 11.1 Å². The topological polar surface area (TPSA) is 75.6 Å². The van der Waals surface area contributed by atoms with E-state index in [0.29, 0.717) is 4.88 Å². The lowest BCUT2D eigenvalue weighted by Crippen LogP contribution is -2.13. The van der Waals surface area contributed by atoms with Gasteiger partial charge in [0.25, 0.3) is 5.91 Å². The van der Waals surface area contributed by atoms with Crippen LogP contribution in [-0.4, -0.2) is 24.1 Å². The molecule has 0 radical (unpaired) electrons. The number of carboxylic acid groups (broad SMARTS) is 1. The molecule has 0 atom stereocenters. The Balaban J connectivity index is 1.80. The van der Waals surface area contributed by atoms with Crippen molar-refractivity contribution in [3.05, 3.63) is 70.4 Å². The number of benzene rings is 2. The van der Waals surface area contributed by atoms with Crippen molar-refractivity contribution >= 4 is 28.9 Å². The van der Waals surface area contributed by atoms with E-state index >= 15 is 0 Å². The molecule has 3 rings (SSSR count). The fourth-order valence-corrected chi connectivity index (χ4v) is 3.16. The maximum atomic E-state index is 12.4. The third kappa shape index (κ3) is 3.70. The zero-order chi connectivity index (χ0) is 17.8. The Hall–Kier alpha value is -3.12. The van der Waals surface area contributed by atoms with E-state index in [2.05, 4.69) is 5.32 Å². The first-order valence-electron chi connectivity index (χ1n) is 7.45. The maximum Gasteiger partial charge on any atom is 0.337 e. The van der Waals surface area contributed by atoms with Crippen LogP contribution in [0.2, 0.25) is 0 Å². The van der Waals surface area contributed by atoms with Gasteiger partial charge >= 0.3 is 5.97 Å². The number of amides is 1. The molecule has 0 unspecified atom stereocenters. The quantitative estimate of drug-likeness (QED) is 0.714. The molecular weight excluding hydrogens is 338 g/mol. The number of hydrogen-bond acceptors (Lipinski definition) is 4. The van der Waals surface area contributed by atoms with Crippen molar-refractivity contribution in [3.8, 4) is 16.9 Å². The first-order chi connectivity index (χ1) is 12.1. The van der Waals surface area contributed by atoms with E-state index in [-0.39, 0.29) is 17.2 Å². The van der Waals surface area contributed by atoms with Gasteiger partial charge in [0.2, 0.25) is 0 Å². The second-order valence-electron chi connectivity index (χ2n) is 5.23.